The minimum atomic E-state index is 0.104. The van der Waals surface area contributed by atoms with E-state index in [1.54, 1.807) is 4.52 Å². The van der Waals surface area contributed by atoms with Crippen LogP contribution in [0.25, 0.3) is 16.9 Å². The lowest BCUT2D eigenvalue weighted by atomic mass is 10.1. The van der Waals surface area contributed by atoms with Crippen molar-refractivity contribution in [2.24, 2.45) is 0 Å². The summed E-state index contributed by atoms with van der Waals surface area (Å²) in [4.78, 5) is 19.8. The van der Waals surface area contributed by atoms with Gasteiger partial charge in [0.05, 0.1) is 24.4 Å². The highest BCUT2D eigenvalue weighted by Crippen LogP contribution is 2.26. The van der Waals surface area contributed by atoms with Crippen LogP contribution < -0.4 is 4.74 Å². The lowest BCUT2D eigenvalue weighted by molar-refractivity contribution is -0.130. The Balaban J connectivity index is 2.07. The summed E-state index contributed by atoms with van der Waals surface area (Å²) < 4.78 is 7.33. The number of benzene rings is 1. The number of amides is 1. The van der Waals surface area contributed by atoms with E-state index in [1.807, 2.05) is 36.1 Å². The van der Waals surface area contributed by atoms with Crippen LogP contribution >= 0.6 is 0 Å². The third kappa shape index (κ3) is 4.75. The Bertz CT molecular complexity index is 957. The number of ether oxygens (including phenoxy) is 1. The van der Waals surface area contributed by atoms with Crippen LogP contribution in [0, 0.1) is 6.92 Å². The quantitative estimate of drug-likeness (QED) is 0.543. The molecule has 0 saturated heterocycles. The second kappa shape index (κ2) is 9.54. The number of aryl methyl sites for hydroxylation is 1. The Labute approximate surface area is 172 Å². The van der Waals surface area contributed by atoms with Gasteiger partial charge in [-0.1, -0.05) is 43.7 Å². The first kappa shape index (κ1) is 20.8. The molecule has 0 unspecified atom stereocenters. The molecule has 0 aliphatic heterocycles. The molecule has 6 nitrogen and oxygen atoms in total. The van der Waals surface area contributed by atoms with Crippen LogP contribution in [0.2, 0.25) is 0 Å². The Morgan fingerprint density at radius 1 is 1.03 bits per heavy atom. The summed E-state index contributed by atoms with van der Waals surface area (Å²) in [6.07, 6.45) is 2.14. The number of hydrogen-bond acceptors (Lipinski definition) is 4. The fourth-order valence-electron chi connectivity index (χ4n) is 3.44. The fraction of sp³-hybridized carbons (Fsp3) is 0.435. The number of hydrogen-bond donors (Lipinski definition) is 0. The van der Waals surface area contributed by atoms with Crippen molar-refractivity contribution in [1.29, 1.82) is 0 Å². The maximum atomic E-state index is 13.1. The summed E-state index contributed by atoms with van der Waals surface area (Å²) in [5, 5.41) is 4.59. The number of carbonyl (C=O) groups is 1. The molecule has 0 bridgehead atoms. The van der Waals surface area contributed by atoms with Gasteiger partial charge >= 0.3 is 0 Å². The Morgan fingerprint density at radius 3 is 2.34 bits per heavy atom. The summed E-state index contributed by atoms with van der Waals surface area (Å²) >= 11 is 0. The standard InChI is InChI=1S/C23H30N4O2/c1-5-14-26(15-6-2)22(28)16-19-23(18-10-8-17(4)9-11-18)24-20-12-13-21(29-7-3)25-27(19)20/h8-13H,5-7,14-16H2,1-4H3. The molecule has 3 aromatic rings. The lowest BCUT2D eigenvalue weighted by Gasteiger charge is -2.21. The largest absolute Gasteiger partial charge is 0.477 e. The predicted octanol–water partition coefficient (Wildman–Crippen LogP) is 4.29. The molecular formula is C23H30N4O2. The molecule has 1 amide bonds. The molecule has 2 aromatic heterocycles. The van der Waals surface area contributed by atoms with Crippen molar-refractivity contribution >= 4 is 11.6 Å². The van der Waals surface area contributed by atoms with E-state index in [1.165, 1.54) is 5.56 Å². The second-order valence-corrected chi connectivity index (χ2v) is 7.21. The zero-order valence-electron chi connectivity index (χ0n) is 17.8. The zero-order valence-corrected chi connectivity index (χ0v) is 17.8. The summed E-state index contributed by atoms with van der Waals surface area (Å²) in [7, 11) is 0. The summed E-state index contributed by atoms with van der Waals surface area (Å²) in [6.45, 7) is 10.2. The first-order chi connectivity index (χ1) is 14.1. The highest BCUT2D eigenvalue weighted by atomic mass is 16.5. The van der Waals surface area contributed by atoms with Crippen molar-refractivity contribution < 1.29 is 9.53 Å². The molecule has 0 N–H and O–H groups in total. The molecule has 0 saturated carbocycles. The SMILES string of the molecule is CCCN(CCC)C(=O)Cc1c(-c2ccc(C)cc2)nc2ccc(OCC)nn12. The van der Waals surface area contributed by atoms with Gasteiger partial charge in [0.15, 0.2) is 5.65 Å². The van der Waals surface area contributed by atoms with Crippen molar-refractivity contribution in [3.63, 3.8) is 0 Å². The number of carbonyl (C=O) groups excluding carboxylic acids is 1. The van der Waals surface area contributed by atoms with E-state index >= 15 is 0 Å². The summed E-state index contributed by atoms with van der Waals surface area (Å²) in [5.74, 6) is 0.632. The van der Waals surface area contributed by atoms with Gasteiger partial charge in [-0.3, -0.25) is 4.79 Å². The number of aromatic nitrogens is 3. The maximum absolute atomic E-state index is 13.1. The van der Waals surface area contributed by atoms with Gasteiger partial charge in [-0.05, 0) is 32.8 Å². The molecule has 29 heavy (non-hydrogen) atoms. The van der Waals surface area contributed by atoms with Crippen LogP contribution in [0.15, 0.2) is 36.4 Å². The molecule has 2 heterocycles. The first-order valence-electron chi connectivity index (χ1n) is 10.4. The number of nitrogens with zero attached hydrogens (tertiary/aromatic N) is 4. The first-order valence-corrected chi connectivity index (χ1v) is 10.4. The van der Waals surface area contributed by atoms with Crippen LogP contribution in [0.1, 0.15) is 44.9 Å². The molecule has 154 valence electrons. The number of rotatable bonds is 9. The predicted molar refractivity (Wildman–Crippen MR) is 115 cm³/mol. The number of fused-ring (bicyclic) bond motifs is 1. The average molecular weight is 395 g/mol. The normalized spacial score (nSPS) is 11.0. The van der Waals surface area contributed by atoms with Gasteiger partial charge in [0.2, 0.25) is 11.8 Å². The summed E-state index contributed by atoms with van der Waals surface area (Å²) in [5.41, 5.74) is 4.48. The van der Waals surface area contributed by atoms with Crippen LogP contribution in [0.3, 0.4) is 0 Å². The van der Waals surface area contributed by atoms with Gasteiger partial charge in [0, 0.05) is 24.7 Å². The van der Waals surface area contributed by atoms with Gasteiger partial charge in [-0.2, -0.15) is 0 Å². The second-order valence-electron chi connectivity index (χ2n) is 7.21. The van der Waals surface area contributed by atoms with E-state index in [0.717, 1.165) is 42.9 Å². The Kier molecular flexibility index (Phi) is 6.86. The molecule has 0 atom stereocenters. The van der Waals surface area contributed by atoms with E-state index in [2.05, 4.69) is 38.0 Å². The third-order valence-corrected chi connectivity index (χ3v) is 4.82. The van der Waals surface area contributed by atoms with Gasteiger partial charge in [-0.25, -0.2) is 9.50 Å². The maximum Gasteiger partial charge on any atom is 0.231 e. The van der Waals surface area contributed by atoms with E-state index in [0.29, 0.717) is 18.1 Å². The molecular weight excluding hydrogens is 364 g/mol. The highest BCUT2D eigenvalue weighted by Gasteiger charge is 2.21. The molecule has 3 rings (SSSR count). The smallest absolute Gasteiger partial charge is 0.231 e. The van der Waals surface area contributed by atoms with Gasteiger partial charge in [-0.15, -0.1) is 5.10 Å². The van der Waals surface area contributed by atoms with Crippen LogP contribution in [0.5, 0.6) is 5.88 Å². The molecule has 0 aliphatic rings. The van der Waals surface area contributed by atoms with Gasteiger partial charge in [0.1, 0.15) is 0 Å². The molecule has 0 spiro atoms. The topological polar surface area (TPSA) is 59.7 Å². The highest BCUT2D eigenvalue weighted by molar-refractivity contribution is 5.81. The minimum Gasteiger partial charge on any atom is -0.477 e. The van der Waals surface area contributed by atoms with Gasteiger partial charge < -0.3 is 9.64 Å². The Hall–Kier alpha value is -2.89. The minimum absolute atomic E-state index is 0.104. The Morgan fingerprint density at radius 2 is 1.72 bits per heavy atom. The van der Waals surface area contributed by atoms with Gasteiger partial charge in [0.25, 0.3) is 0 Å². The zero-order chi connectivity index (χ0) is 20.8. The monoisotopic (exact) mass is 394 g/mol. The molecule has 0 fully saturated rings. The molecule has 0 radical (unpaired) electrons. The average Bonchev–Trinajstić information content (AvgIpc) is 3.06. The summed E-state index contributed by atoms with van der Waals surface area (Å²) in [6, 6.07) is 11.9. The van der Waals surface area contributed by atoms with Crippen LogP contribution in [-0.2, 0) is 11.2 Å². The van der Waals surface area contributed by atoms with E-state index in [9.17, 15) is 4.79 Å². The van der Waals surface area contributed by atoms with Crippen molar-refractivity contribution in [3.8, 4) is 17.1 Å². The third-order valence-electron chi connectivity index (χ3n) is 4.82. The van der Waals surface area contributed by atoms with E-state index < -0.39 is 0 Å². The van der Waals surface area contributed by atoms with Crippen molar-refractivity contribution in [2.75, 3.05) is 19.7 Å². The molecule has 0 aliphatic carbocycles. The van der Waals surface area contributed by atoms with Crippen molar-refractivity contribution in [3.05, 3.63) is 47.7 Å². The van der Waals surface area contributed by atoms with Crippen LogP contribution in [-0.4, -0.2) is 45.1 Å². The van der Waals surface area contributed by atoms with E-state index in [4.69, 9.17) is 9.72 Å². The molecule has 1 aromatic carbocycles. The fourth-order valence-corrected chi connectivity index (χ4v) is 3.44. The molecule has 6 heteroatoms. The van der Waals surface area contributed by atoms with Crippen molar-refractivity contribution in [1.82, 2.24) is 19.5 Å². The lowest BCUT2D eigenvalue weighted by Crippen LogP contribution is -2.34. The number of imidazole rings is 1. The van der Waals surface area contributed by atoms with E-state index in [-0.39, 0.29) is 12.3 Å². The van der Waals surface area contributed by atoms with Crippen LogP contribution in [0.4, 0.5) is 0 Å². The van der Waals surface area contributed by atoms with Crippen molar-refractivity contribution in [2.45, 2.75) is 47.0 Å².